The van der Waals surface area contributed by atoms with Crippen LogP contribution in [0, 0.1) is 18.8 Å². The molecule has 2 aliphatic rings. The van der Waals surface area contributed by atoms with Gasteiger partial charge in [0.25, 0.3) is 5.91 Å². The highest BCUT2D eigenvalue weighted by molar-refractivity contribution is 6.31. The van der Waals surface area contributed by atoms with Gasteiger partial charge in [-0.05, 0) is 81.3 Å². The molecule has 1 saturated heterocycles. The van der Waals surface area contributed by atoms with Gasteiger partial charge in [0.1, 0.15) is 0 Å². The van der Waals surface area contributed by atoms with E-state index in [1.807, 2.05) is 13.0 Å². The van der Waals surface area contributed by atoms with E-state index in [0.717, 1.165) is 44.3 Å². The molecule has 0 spiro atoms. The first-order valence-electron chi connectivity index (χ1n) is 8.50. The van der Waals surface area contributed by atoms with Gasteiger partial charge < -0.3 is 15.7 Å². The quantitative estimate of drug-likeness (QED) is 0.791. The smallest absolute Gasteiger partial charge is 0.251 e. The van der Waals surface area contributed by atoms with Gasteiger partial charge in [-0.3, -0.25) is 4.79 Å². The summed E-state index contributed by atoms with van der Waals surface area (Å²) < 4.78 is 0. The monoisotopic (exact) mass is 336 g/mol. The van der Waals surface area contributed by atoms with Crippen LogP contribution in [-0.4, -0.2) is 36.2 Å². The topological polar surface area (TPSA) is 61.4 Å². The molecule has 1 aliphatic carbocycles. The van der Waals surface area contributed by atoms with E-state index in [1.54, 1.807) is 12.1 Å². The summed E-state index contributed by atoms with van der Waals surface area (Å²) in [6.45, 7) is 3.92. The second-order valence-electron chi connectivity index (χ2n) is 6.94. The van der Waals surface area contributed by atoms with Crippen molar-refractivity contribution in [3.63, 3.8) is 0 Å². The summed E-state index contributed by atoms with van der Waals surface area (Å²) >= 11 is 6.04. The number of halogens is 1. The van der Waals surface area contributed by atoms with Crippen LogP contribution in [0.15, 0.2) is 18.2 Å². The lowest BCUT2D eigenvalue weighted by Crippen LogP contribution is -2.52. The molecule has 3 N–H and O–H groups in total. The van der Waals surface area contributed by atoms with Crippen LogP contribution in [0.4, 0.5) is 0 Å². The van der Waals surface area contributed by atoms with Gasteiger partial charge in [0.05, 0.1) is 6.10 Å². The number of rotatable bonds is 4. The summed E-state index contributed by atoms with van der Waals surface area (Å²) in [4.78, 5) is 12.7. The number of aliphatic hydroxyl groups is 1. The summed E-state index contributed by atoms with van der Waals surface area (Å²) in [6.07, 6.45) is 3.57. The molecule has 0 unspecified atom stereocenters. The normalized spacial score (nSPS) is 26.4. The minimum atomic E-state index is -0.195. The van der Waals surface area contributed by atoms with Gasteiger partial charge in [0, 0.05) is 16.6 Å². The minimum Gasteiger partial charge on any atom is -0.393 e. The maximum absolute atomic E-state index is 12.7. The maximum atomic E-state index is 12.7. The molecule has 1 aromatic carbocycles. The van der Waals surface area contributed by atoms with Crippen LogP contribution in [0.25, 0.3) is 0 Å². The van der Waals surface area contributed by atoms with Crippen LogP contribution in [-0.2, 0) is 0 Å². The Balaban J connectivity index is 1.71. The average molecular weight is 337 g/mol. The zero-order valence-corrected chi connectivity index (χ0v) is 14.3. The van der Waals surface area contributed by atoms with E-state index in [9.17, 15) is 9.90 Å². The zero-order valence-electron chi connectivity index (χ0n) is 13.5. The molecule has 5 heteroatoms. The van der Waals surface area contributed by atoms with Gasteiger partial charge in [-0.25, -0.2) is 0 Å². The Morgan fingerprint density at radius 2 is 2.00 bits per heavy atom. The van der Waals surface area contributed by atoms with Crippen LogP contribution in [0.2, 0.25) is 5.02 Å². The molecule has 0 bridgehead atoms. The first kappa shape index (κ1) is 16.7. The fourth-order valence-electron chi connectivity index (χ4n) is 3.77. The number of piperidine rings is 1. The minimum absolute atomic E-state index is 0.0327. The molecule has 23 heavy (non-hydrogen) atoms. The molecular weight excluding hydrogens is 312 g/mol. The predicted octanol–water partition coefficient (Wildman–Crippen LogP) is 2.52. The number of amides is 1. The maximum Gasteiger partial charge on any atom is 0.251 e. The Hall–Kier alpha value is -1.10. The third kappa shape index (κ3) is 3.87. The van der Waals surface area contributed by atoms with Crippen molar-refractivity contribution in [3.8, 4) is 0 Å². The van der Waals surface area contributed by atoms with E-state index in [2.05, 4.69) is 10.6 Å². The standard InChI is InChI=1S/C18H25ClN2O2/c1-11-8-13(2-3-16(11)19)18(23)21-17(14-9-15(22)10-14)12-4-6-20-7-5-12/h2-3,8,12,14-15,17,20,22H,4-7,9-10H2,1H3,(H,21,23)/t14?,15?,17-/m1/s1. The molecule has 1 heterocycles. The molecule has 0 aromatic heterocycles. The van der Waals surface area contributed by atoms with E-state index < -0.39 is 0 Å². The third-order valence-electron chi connectivity index (χ3n) is 5.27. The lowest BCUT2D eigenvalue weighted by molar-refractivity contribution is 0.00919. The molecule has 4 nitrogen and oxygen atoms in total. The molecule has 0 radical (unpaired) electrons. The number of nitrogens with one attached hydrogen (secondary N) is 2. The van der Waals surface area contributed by atoms with Crippen molar-refractivity contribution < 1.29 is 9.90 Å². The highest BCUT2D eigenvalue weighted by Crippen LogP contribution is 2.36. The molecule has 3 rings (SSSR count). The Labute approximate surface area is 142 Å². The Bertz CT molecular complexity index is 566. The second-order valence-corrected chi connectivity index (χ2v) is 7.34. The van der Waals surface area contributed by atoms with Gasteiger partial charge in [-0.2, -0.15) is 0 Å². The number of carbonyl (C=O) groups excluding carboxylic acids is 1. The molecular formula is C18H25ClN2O2. The van der Waals surface area contributed by atoms with Crippen molar-refractivity contribution in [1.82, 2.24) is 10.6 Å². The Morgan fingerprint density at radius 3 is 2.61 bits per heavy atom. The van der Waals surface area contributed by atoms with E-state index >= 15 is 0 Å². The van der Waals surface area contributed by atoms with Gasteiger partial charge in [-0.15, -0.1) is 0 Å². The summed E-state index contributed by atoms with van der Waals surface area (Å²) in [5.41, 5.74) is 1.57. The number of aryl methyl sites for hydroxylation is 1. The summed E-state index contributed by atoms with van der Waals surface area (Å²) in [5.74, 6) is 0.853. The summed E-state index contributed by atoms with van der Waals surface area (Å²) in [7, 11) is 0. The Morgan fingerprint density at radius 1 is 1.30 bits per heavy atom. The highest BCUT2D eigenvalue weighted by Gasteiger charge is 2.39. The molecule has 1 atom stereocenters. The SMILES string of the molecule is Cc1cc(C(=O)N[C@H](C2CCNCC2)C2CC(O)C2)ccc1Cl. The van der Waals surface area contributed by atoms with E-state index in [1.165, 1.54) is 0 Å². The second kappa shape index (κ2) is 7.20. The molecule has 1 amide bonds. The van der Waals surface area contributed by atoms with Crippen LogP contribution in [0.3, 0.4) is 0 Å². The zero-order chi connectivity index (χ0) is 16.4. The van der Waals surface area contributed by atoms with Crippen molar-refractivity contribution in [2.45, 2.75) is 44.8 Å². The van der Waals surface area contributed by atoms with Gasteiger partial charge >= 0.3 is 0 Å². The lowest BCUT2D eigenvalue weighted by atomic mass is 9.71. The van der Waals surface area contributed by atoms with Crippen LogP contribution >= 0.6 is 11.6 Å². The van der Waals surface area contributed by atoms with Gasteiger partial charge in [-0.1, -0.05) is 11.6 Å². The first-order chi connectivity index (χ1) is 11.0. The predicted molar refractivity (Wildman–Crippen MR) is 91.8 cm³/mol. The van der Waals surface area contributed by atoms with Crippen molar-refractivity contribution in [1.29, 1.82) is 0 Å². The van der Waals surface area contributed by atoms with Crippen molar-refractivity contribution in [3.05, 3.63) is 34.3 Å². The number of hydrogen-bond acceptors (Lipinski definition) is 3. The summed E-state index contributed by atoms with van der Waals surface area (Å²) in [6, 6.07) is 5.55. The number of carbonyl (C=O) groups is 1. The fraction of sp³-hybridized carbons (Fsp3) is 0.611. The first-order valence-corrected chi connectivity index (χ1v) is 8.88. The molecule has 1 saturated carbocycles. The number of benzene rings is 1. The highest BCUT2D eigenvalue weighted by atomic mass is 35.5. The number of hydrogen-bond donors (Lipinski definition) is 3. The molecule has 1 aromatic rings. The summed E-state index contributed by atoms with van der Waals surface area (Å²) in [5, 5.41) is 16.9. The van der Waals surface area contributed by atoms with E-state index in [4.69, 9.17) is 11.6 Å². The molecule has 1 aliphatic heterocycles. The van der Waals surface area contributed by atoms with Crippen molar-refractivity contribution >= 4 is 17.5 Å². The van der Waals surface area contributed by atoms with Gasteiger partial charge in [0.2, 0.25) is 0 Å². The van der Waals surface area contributed by atoms with E-state index in [0.29, 0.717) is 22.4 Å². The van der Waals surface area contributed by atoms with Gasteiger partial charge in [0.15, 0.2) is 0 Å². The number of aliphatic hydroxyl groups excluding tert-OH is 1. The van der Waals surface area contributed by atoms with Crippen LogP contribution in [0.5, 0.6) is 0 Å². The van der Waals surface area contributed by atoms with Crippen molar-refractivity contribution in [2.75, 3.05) is 13.1 Å². The molecule has 126 valence electrons. The third-order valence-corrected chi connectivity index (χ3v) is 5.69. The fourth-order valence-corrected chi connectivity index (χ4v) is 3.89. The lowest BCUT2D eigenvalue weighted by Gasteiger charge is -2.43. The average Bonchev–Trinajstić information content (AvgIpc) is 2.53. The van der Waals surface area contributed by atoms with Crippen molar-refractivity contribution in [2.24, 2.45) is 11.8 Å². The Kier molecular flexibility index (Phi) is 5.24. The molecule has 2 fully saturated rings. The van der Waals surface area contributed by atoms with Crippen LogP contribution < -0.4 is 10.6 Å². The largest absolute Gasteiger partial charge is 0.393 e. The van der Waals surface area contributed by atoms with E-state index in [-0.39, 0.29) is 18.1 Å². The van der Waals surface area contributed by atoms with Crippen LogP contribution in [0.1, 0.15) is 41.6 Å².